The highest BCUT2D eigenvalue weighted by molar-refractivity contribution is 6.18. The van der Waals surface area contributed by atoms with E-state index in [1.54, 1.807) is 0 Å². The molecule has 0 aliphatic carbocycles. The third kappa shape index (κ3) is 6.93. The summed E-state index contributed by atoms with van der Waals surface area (Å²) in [6.07, 6.45) is 3.90. The van der Waals surface area contributed by atoms with E-state index in [0.29, 0.717) is 12.0 Å². The fourth-order valence-electron chi connectivity index (χ4n) is 1.18. The number of hydrogen-bond donors (Lipinski definition) is 0. The highest BCUT2D eigenvalue weighted by Crippen LogP contribution is 2.13. The van der Waals surface area contributed by atoms with Gasteiger partial charge in [0.15, 0.2) is 0 Å². The van der Waals surface area contributed by atoms with Crippen LogP contribution >= 0.6 is 11.6 Å². The molecule has 1 unspecified atom stereocenters. The molecule has 1 atom stereocenters. The lowest BCUT2D eigenvalue weighted by atomic mass is 10.0. The van der Waals surface area contributed by atoms with Crippen molar-refractivity contribution < 1.29 is 4.74 Å². The number of ether oxygens (including phenoxy) is 1. The normalized spacial score (nSPS) is 13.8. The first-order valence-corrected chi connectivity index (χ1v) is 5.41. The molecule has 1 nitrogen and oxygen atoms in total. The van der Waals surface area contributed by atoms with Crippen molar-refractivity contribution in [3.8, 4) is 0 Å². The molecule has 0 aromatic carbocycles. The Bertz CT molecular complexity index is 93.8. The maximum absolute atomic E-state index is 5.81. The third-order valence-electron chi connectivity index (χ3n) is 1.89. The Morgan fingerprint density at radius 2 is 1.92 bits per heavy atom. The molecule has 0 rings (SSSR count). The predicted octanol–water partition coefficient (Wildman–Crippen LogP) is 3.46. The van der Waals surface area contributed by atoms with E-state index in [2.05, 4.69) is 20.8 Å². The maximum Gasteiger partial charge on any atom is 0.0518 e. The largest absolute Gasteiger partial charge is 0.379 e. The zero-order valence-electron chi connectivity index (χ0n) is 8.48. The van der Waals surface area contributed by atoms with Crippen molar-refractivity contribution in [3.05, 3.63) is 0 Å². The van der Waals surface area contributed by atoms with Crippen LogP contribution in [0.25, 0.3) is 0 Å². The monoisotopic (exact) mass is 192 g/mol. The summed E-state index contributed by atoms with van der Waals surface area (Å²) in [5.41, 5.74) is 0. The van der Waals surface area contributed by atoms with Crippen LogP contribution < -0.4 is 0 Å². The van der Waals surface area contributed by atoms with Crippen LogP contribution in [-0.2, 0) is 4.74 Å². The fourth-order valence-corrected chi connectivity index (χ4v) is 1.49. The molecular formula is C10H21ClO. The second-order valence-corrected chi connectivity index (χ2v) is 3.83. The second-order valence-electron chi connectivity index (χ2n) is 3.52. The summed E-state index contributed by atoms with van der Waals surface area (Å²) in [7, 11) is 0. The fraction of sp³-hybridized carbons (Fsp3) is 1.00. The van der Waals surface area contributed by atoms with Gasteiger partial charge in [-0.15, -0.1) is 11.6 Å². The van der Waals surface area contributed by atoms with Crippen molar-refractivity contribution in [2.24, 2.45) is 5.92 Å². The van der Waals surface area contributed by atoms with Crippen LogP contribution in [0.1, 0.15) is 40.0 Å². The zero-order chi connectivity index (χ0) is 9.40. The molecule has 12 heavy (non-hydrogen) atoms. The van der Waals surface area contributed by atoms with Gasteiger partial charge in [0.1, 0.15) is 0 Å². The Balaban J connectivity index is 3.31. The SMILES string of the molecule is CCCC(CCl)CCOC(C)C. The summed E-state index contributed by atoms with van der Waals surface area (Å²) in [5.74, 6) is 1.42. The average molecular weight is 193 g/mol. The molecule has 0 spiro atoms. The minimum Gasteiger partial charge on any atom is -0.379 e. The van der Waals surface area contributed by atoms with Crippen molar-refractivity contribution in [1.82, 2.24) is 0 Å². The first kappa shape index (κ1) is 12.2. The van der Waals surface area contributed by atoms with Crippen LogP contribution in [0.3, 0.4) is 0 Å². The summed E-state index contributed by atoms with van der Waals surface area (Å²) in [4.78, 5) is 0. The quantitative estimate of drug-likeness (QED) is 0.562. The molecule has 0 aromatic heterocycles. The minimum absolute atomic E-state index is 0.350. The van der Waals surface area contributed by atoms with Gasteiger partial charge in [-0.2, -0.15) is 0 Å². The van der Waals surface area contributed by atoms with E-state index in [1.807, 2.05) is 0 Å². The van der Waals surface area contributed by atoms with Crippen molar-refractivity contribution >= 4 is 11.6 Å². The Labute approximate surface area is 81.4 Å². The van der Waals surface area contributed by atoms with E-state index >= 15 is 0 Å². The van der Waals surface area contributed by atoms with Gasteiger partial charge in [-0.05, 0) is 32.6 Å². The molecule has 0 fully saturated rings. The molecule has 0 aromatic rings. The van der Waals surface area contributed by atoms with Crippen molar-refractivity contribution in [3.63, 3.8) is 0 Å². The second kappa shape index (κ2) is 7.88. The minimum atomic E-state index is 0.350. The van der Waals surface area contributed by atoms with Gasteiger partial charge in [-0.3, -0.25) is 0 Å². The van der Waals surface area contributed by atoms with Gasteiger partial charge in [0.25, 0.3) is 0 Å². The third-order valence-corrected chi connectivity index (χ3v) is 2.33. The molecule has 0 saturated carbocycles. The molecule has 0 aliphatic rings. The van der Waals surface area contributed by atoms with Gasteiger partial charge in [-0.1, -0.05) is 13.3 Å². The topological polar surface area (TPSA) is 9.23 Å². The zero-order valence-corrected chi connectivity index (χ0v) is 9.23. The molecule has 0 bridgehead atoms. The molecular weight excluding hydrogens is 172 g/mol. The van der Waals surface area contributed by atoms with E-state index in [1.165, 1.54) is 12.8 Å². The predicted molar refractivity (Wildman–Crippen MR) is 54.8 cm³/mol. The van der Waals surface area contributed by atoms with Crippen molar-refractivity contribution in [1.29, 1.82) is 0 Å². The number of alkyl halides is 1. The van der Waals surface area contributed by atoms with E-state index in [9.17, 15) is 0 Å². The molecule has 0 aliphatic heterocycles. The number of rotatable bonds is 7. The lowest BCUT2D eigenvalue weighted by Gasteiger charge is -2.13. The smallest absolute Gasteiger partial charge is 0.0518 e. The van der Waals surface area contributed by atoms with Crippen molar-refractivity contribution in [2.75, 3.05) is 12.5 Å². The van der Waals surface area contributed by atoms with Gasteiger partial charge in [0.05, 0.1) is 6.10 Å². The van der Waals surface area contributed by atoms with Crippen LogP contribution in [0.5, 0.6) is 0 Å². The van der Waals surface area contributed by atoms with Crippen molar-refractivity contribution in [2.45, 2.75) is 46.1 Å². The molecule has 0 heterocycles. The summed E-state index contributed by atoms with van der Waals surface area (Å²) in [6, 6.07) is 0. The van der Waals surface area contributed by atoms with Crippen LogP contribution in [-0.4, -0.2) is 18.6 Å². The summed E-state index contributed by atoms with van der Waals surface area (Å²) in [6.45, 7) is 7.18. The lowest BCUT2D eigenvalue weighted by Crippen LogP contribution is -2.10. The molecule has 74 valence electrons. The van der Waals surface area contributed by atoms with Crippen LogP contribution in [0.2, 0.25) is 0 Å². The van der Waals surface area contributed by atoms with Gasteiger partial charge < -0.3 is 4.74 Å². The van der Waals surface area contributed by atoms with E-state index < -0.39 is 0 Å². The van der Waals surface area contributed by atoms with Gasteiger partial charge in [0.2, 0.25) is 0 Å². The van der Waals surface area contributed by atoms with E-state index in [-0.39, 0.29) is 0 Å². The maximum atomic E-state index is 5.81. The summed E-state index contributed by atoms with van der Waals surface area (Å²) < 4.78 is 5.46. The average Bonchev–Trinajstić information content (AvgIpc) is 2.02. The first-order chi connectivity index (χ1) is 5.70. The van der Waals surface area contributed by atoms with Crippen LogP contribution in [0.15, 0.2) is 0 Å². The van der Waals surface area contributed by atoms with Gasteiger partial charge in [-0.25, -0.2) is 0 Å². The van der Waals surface area contributed by atoms with E-state index in [0.717, 1.165) is 18.9 Å². The molecule has 0 amide bonds. The van der Waals surface area contributed by atoms with Crippen LogP contribution in [0.4, 0.5) is 0 Å². The molecule has 0 N–H and O–H groups in total. The Morgan fingerprint density at radius 1 is 1.25 bits per heavy atom. The summed E-state index contributed by atoms with van der Waals surface area (Å²) >= 11 is 5.81. The Kier molecular flexibility index (Phi) is 8.04. The summed E-state index contributed by atoms with van der Waals surface area (Å²) in [5, 5.41) is 0. The van der Waals surface area contributed by atoms with E-state index in [4.69, 9.17) is 16.3 Å². The Morgan fingerprint density at radius 3 is 2.33 bits per heavy atom. The Hall–Kier alpha value is 0.250. The molecule has 0 saturated heterocycles. The molecule has 0 radical (unpaired) electrons. The molecule has 2 heteroatoms. The van der Waals surface area contributed by atoms with Gasteiger partial charge >= 0.3 is 0 Å². The van der Waals surface area contributed by atoms with Gasteiger partial charge in [0, 0.05) is 12.5 Å². The standard InChI is InChI=1S/C10H21ClO/c1-4-5-10(8-11)6-7-12-9(2)3/h9-10H,4-8H2,1-3H3. The number of hydrogen-bond acceptors (Lipinski definition) is 1. The number of halogens is 1. The highest BCUT2D eigenvalue weighted by atomic mass is 35.5. The highest BCUT2D eigenvalue weighted by Gasteiger charge is 2.05. The first-order valence-electron chi connectivity index (χ1n) is 4.88. The lowest BCUT2D eigenvalue weighted by molar-refractivity contribution is 0.0693. The van der Waals surface area contributed by atoms with Crippen LogP contribution in [0, 0.1) is 5.92 Å².